The van der Waals surface area contributed by atoms with Crippen molar-refractivity contribution in [1.82, 2.24) is 5.32 Å². The van der Waals surface area contributed by atoms with Crippen LogP contribution in [-0.4, -0.2) is 25.2 Å². The van der Waals surface area contributed by atoms with Gasteiger partial charge in [0.15, 0.2) is 0 Å². The molecule has 0 aromatic heterocycles. The summed E-state index contributed by atoms with van der Waals surface area (Å²) in [4.78, 5) is 22.4. The Hall–Kier alpha value is -2.30. The van der Waals surface area contributed by atoms with Crippen molar-refractivity contribution in [3.05, 3.63) is 42.5 Å². The van der Waals surface area contributed by atoms with Crippen LogP contribution in [0.2, 0.25) is 0 Å². The van der Waals surface area contributed by atoms with E-state index >= 15 is 0 Å². The van der Waals surface area contributed by atoms with Crippen molar-refractivity contribution in [1.29, 1.82) is 0 Å². The lowest BCUT2D eigenvalue weighted by Gasteiger charge is -2.08. The average molecular weight is 248 g/mol. The second kappa shape index (κ2) is 7.11. The Kier molecular flexibility index (Phi) is 5.44. The van der Waals surface area contributed by atoms with Crippen LogP contribution in [0.15, 0.2) is 42.5 Å². The number of anilines is 1. The molecule has 0 spiro atoms. The summed E-state index contributed by atoms with van der Waals surface area (Å²) in [6, 6.07) is 8.73. The number of esters is 1. The van der Waals surface area contributed by atoms with Gasteiger partial charge < -0.3 is 15.4 Å². The molecule has 0 atom stereocenters. The van der Waals surface area contributed by atoms with Crippen LogP contribution in [0.4, 0.5) is 10.5 Å². The lowest BCUT2D eigenvalue weighted by Crippen LogP contribution is -2.32. The Morgan fingerprint density at radius 3 is 2.56 bits per heavy atom. The van der Waals surface area contributed by atoms with E-state index in [9.17, 15) is 9.59 Å². The highest BCUT2D eigenvalue weighted by Crippen LogP contribution is 2.03. The molecule has 0 aliphatic carbocycles. The minimum Gasteiger partial charge on any atom is -0.460 e. The first kappa shape index (κ1) is 13.8. The highest BCUT2D eigenvalue weighted by molar-refractivity contribution is 5.89. The minimum absolute atomic E-state index is 0.119. The SMILES string of the molecule is C=C(C)C(=O)OCCNC(=O)Nc1ccccc1. The molecule has 1 aromatic carbocycles. The fourth-order valence-corrected chi connectivity index (χ4v) is 1.13. The molecule has 18 heavy (non-hydrogen) atoms. The first-order valence-electron chi connectivity index (χ1n) is 5.52. The summed E-state index contributed by atoms with van der Waals surface area (Å²) < 4.78 is 4.82. The highest BCUT2D eigenvalue weighted by atomic mass is 16.5. The third kappa shape index (κ3) is 5.16. The van der Waals surface area contributed by atoms with Crippen LogP contribution >= 0.6 is 0 Å². The Bertz CT molecular complexity index is 429. The van der Waals surface area contributed by atoms with Gasteiger partial charge in [0.05, 0.1) is 6.54 Å². The fraction of sp³-hybridized carbons (Fsp3) is 0.231. The van der Waals surface area contributed by atoms with Gasteiger partial charge in [-0.2, -0.15) is 0 Å². The van der Waals surface area contributed by atoms with Crippen molar-refractivity contribution in [2.75, 3.05) is 18.5 Å². The van der Waals surface area contributed by atoms with Crippen molar-refractivity contribution in [2.45, 2.75) is 6.92 Å². The fourth-order valence-electron chi connectivity index (χ4n) is 1.13. The summed E-state index contributed by atoms with van der Waals surface area (Å²) in [5.41, 5.74) is 1.04. The number of carbonyl (C=O) groups excluding carboxylic acids is 2. The van der Waals surface area contributed by atoms with Gasteiger partial charge in [-0.3, -0.25) is 0 Å². The van der Waals surface area contributed by atoms with Crippen LogP contribution in [0.3, 0.4) is 0 Å². The molecule has 0 heterocycles. The summed E-state index contributed by atoms with van der Waals surface area (Å²) in [7, 11) is 0. The molecule has 0 aliphatic heterocycles. The monoisotopic (exact) mass is 248 g/mol. The predicted molar refractivity (Wildman–Crippen MR) is 69.2 cm³/mol. The summed E-state index contributed by atoms with van der Waals surface area (Å²) in [6.07, 6.45) is 0. The predicted octanol–water partition coefficient (Wildman–Crippen LogP) is 1.93. The van der Waals surface area contributed by atoms with Gasteiger partial charge in [-0.25, -0.2) is 9.59 Å². The second-order valence-corrected chi connectivity index (χ2v) is 3.66. The normalized spacial score (nSPS) is 9.39. The van der Waals surface area contributed by atoms with Crippen molar-refractivity contribution in [2.24, 2.45) is 0 Å². The third-order valence-electron chi connectivity index (χ3n) is 2.00. The molecule has 0 saturated carbocycles. The second-order valence-electron chi connectivity index (χ2n) is 3.66. The molecule has 0 unspecified atom stereocenters. The Labute approximate surface area is 106 Å². The average Bonchev–Trinajstić information content (AvgIpc) is 2.35. The molecule has 0 radical (unpaired) electrons. The quantitative estimate of drug-likeness (QED) is 0.475. The van der Waals surface area contributed by atoms with Crippen LogP contribution in [-0.2, 0) is 9.53 Å². The summed E-state index contributed by atoms with van der Waals surface area (Å²) >= 11 is 0. The van der Waals surface area contributed by atoms with Crippen LogP contribution in [0, 0.1) is 0 Å². The number of benzene rings is 1. The van der Waals surface area contributed by atoms with Gasteiger partial charge in [0.25, 0.3) is 0 Å². The van der Waals surface area contributed by atoms with Gasteiger partial charge in [0.2, 0.25) is 0 Å². The van der Waals surface area contributed by atoms with Gasteiger partial charge in [0, 0.05) is 11.3 Å². The van der Waals surface area contributed by atoms with Crippen LogP contribution in [0.5, 0.6) is 0 Å². The van der Waals surface area contributed by atoms with Gasteiger partial charge in [-0.1, -0.05) is 24.8 Å². The van der Waals surface area contributed by atoms with Gasteiger partial charge in [-0.05, 0) is 19.1 Å². The number of hydrogen-bond acceptors (Lipinski definition) is 3. The Morgan fingerprint density at radius 2 is 1.94 bits per heavy atom. The molecular formula is C13H16N2O3. The van der Waals surface area contributed by atoms with E-state index in [4.69, 9.17) is 4.74 Å². The molecule has 0 fully saturated rings. The van der Waals surface area contributed by atoms with E-state index in [-0.39, 0.29) is 19.2 Å². The van der Waals surface area contributed by atoms with E-state index in [1.165, 1.54) is 0 Å². The topological polar surface area (TPSA) is 67.4 Å². The molecule has 96 valence electrons. The first-order chi connectivity index (χ1) is 8.59. The molecule has 2 N–H and O–H groups in total. The third-order valence-corrected chi connectivity index (χ3v) is 2.00. The minimum atomic E-state index is -0.458. The molecule has 0 bridgehead atoms. The lowest BCUT2D eigenvalue weighted by atomic mass is 10.3. The number of urea groups is 1. The molecule has 2 amide bonds. The first-order valence-corrected chi connectivity index (χ1v) is 5.52. The maximum absolute atomic E-state index is 11.4. The zero-order chi connectivity index (χ0) is 13.4. The molecule has 5 heteroatoms. The number of ether oxygens (including phenoxy) is 1. The van der Waals surface area contributed by atoms with Gasteiger partial charge in [0.1, 0.15) is 6.61 Å². The Balaban J connectivity index is 2.18. The summed E-state index contributed by atoms with van der Waals surface area (Å²) in [6.45, 7) is 5.38. The standard InChI is InChI=1S/C13H16N2O3/c1-10(2)12(16)18-9-8-14-13(17)15-11-6-4-3-5-7-11/h3-7H,1,8-9H2,2H3,(H2,14,15,17). The Morgan fingerprint density at radius 1 is 1.28 bits per heavy atom. The molecule has 0 saturated heterocycles. The number of rotatable bonds is 5. The number of nitrogens with one attached hydrogen (secondary N) is 2. The smallest absolute Gasteiger partial charge is 0.333 e. The van der Waals surface area contributed by atoms with Crippen LogP contribution < -0.4 is 10.6 Å². The lowest BCUT2D eigenvalue weighted by molar-refractivity contribution is -0.138. The zero-order valence-corrected chi connectivity index (χ0v) is 10.2. The number of para-hydroxylation sites is 1. The van der Waals surface area contributed by atoms with E-state index in [1.54, 1.807) is 19.1 Å². The maximum Gasteiger partial charge on any atom is 0.333 e. The summed E-state index contributed by atoms with van der Waals surface area (Å²) in [5, 5.41) is 5.21. The van der Waals surface area contributed by atoms with E-state index in [0.717, 1.165) is 0 Å². The zero-order valence-electron chi connectivity index (χ0n) is 10.2. The molecule has 1 rings (SSSR count). The molecular weight excluding hydrogens is 232 g/mol. The van der Waals surface area contributed by atoms with E-state index in [2.05, 4.69) is 17.2 Å². The maximum atomic E-state index is 11.4. The van der Waals surface area contributed by atoms with Crippen LogP contribution in [0.25, 0.3) is 0 Å². The van der Waals surface area contributed by atoms with Crippen molar-refractivity contribution in [3.8, 4) is 0 Å². The molecule has 5 nitrogen and oxygen atoms in total. The van der Waals surface area contributed by atoms with Gasteiger partial charge in [-0.15, -0.1) is 0 Å². The number of carbonyl (C=O) groups is 2. The molecule has 0 aliphatic rings. The van der Waals surface area contributed by atoms with Crippen molar-refractivity contribution in [3.63, 3.8) is 0 Å². The van der Waals surface area contributed by atoms with E-state index in [1.807, 2.05) is 18.2 Å². The van der Waals surface area contributed by atoms with Crippen molar-refractivity contribution >= 4 is 17.7 Å². The van der Waals surface area contributed by atoms with Crippen molar-refractivity contribution < 1.29 is 14.3 Å². The number of amides is 2. The van der Waals surface area contributed by atoms with E-state index in [0.29, 0.717) is 11.3 Å². The number of hydrogen-bond donors (Lipinski definition) is 2. The molecule has 1 aromatic rings. The van der Waals surface area contributed by atoms with Gasteiger partial charge >= 0.3 is 12.0 Å². The van der Waals surface area contributed by atoms with E-state index < -0.39 is 5.97 Å². The largest absolute Gasteiger partial charge is 0.460 e. The highest BCUT2D eigenvalue weighted by Gasteiger charge is 2.03. The van der Waals surface area contributed by atoms with Crippen LogP contribution in [0.1, 0.15) is 6.92 Å². The summed E-state index contributed by atoms with van der Waals surface area (Å²) in [5.74, 6) is -0.458.